The van der Waals surface area contributed by atoms with E-state index in [1.807, 2.05) is 67.0 Å². The molecule has 0 spiro atoms. The van der Waals surface area contributed by atoms with E-state index in [1.165, 1.54) is 0 Å². The highest BCUT2D eigenvalue weighted by Crippen LogP contribution is 2.45. The van der Waals surface area contributed by atoms with Crippen LogP contribution in [0, 0.1) is 11.8 Å². The van der Waals surface area contributed by atoms with E-state index in [0.717, 1.165) is 53.7 Å². The lowest BCUT2D eigenvalue weighted by atomic mass is 9.73. The average molecular weight is 401 g/mol. The highest BCUT2D eigenvalue weighted by molar-refractivity contribution is 6.00. The van der Waals surface area contributed by atoms with Crippen LogP contribution in [0.5, 0.6) is 11.5 Å². The van der Waals surface area contributed by atoms with Crippen LogP contribution in [0.1, 0.15) is 18.4 Å². The zero-order valence-electron chi connectivity index (χ0n) is 16.9. The second kappa shape index (κ2) is 7.65. The summed E-state index contributed by atoms with van der Waals surface area (Å²) in [6.07, 6.45) is 7.63. The molecule has 30 heavy (non-hydrogen) atoms. The molecule has 2 aliphatic heterocycles. The zero-order valence-corrected chi connectivity index (χ0v) is 16.9. The van der Waals surface area contributed by atoms with Gasteiger partial charge in [0.25, 0.3) is 5.84 Å². The number of hydrogen-bond acceptors (Lipinski definition) is 5. The number of amidine groups is 1. The first-order chi connectivity index (χ1) is 14.7. The molecule has 1 atom stereocenters. The molecule has 6 nitrogen and oxygen atoms in total. The molecule has 1 saturated carbocycles. The Balaban J connectivity index is 1.41. The predicted octanol–water partition coefficient (Wildman–Crippen LogP) is 4.37. The Kier molecular flexibility index (Phi) is 4.83. The molecule has 2 N–H and O–H groups in total. The minimum Gasteiger partial charge on any atom is -0.457 e. The fraction of sp³-hybridized carbons (Fsp3) is 0.250. The van der Waals surface area contributed by atoms with E-state index in [-0.39, 0.29) is 4.59 Å². The van der Waals surface area contributed by atoms with Gasteiger partial charge in [-0.15, -0.1) is 4.59 Å². The summed E-state index contributed by atoms with van der Waals surface area (Å²) in [7, 11) is 1.76. The summed E-state index contributed by atoms with van der Waals surface area (Å²) in [4.78, 5) is 9.35. The Labute approximate surface area is 176 Å². The monoisotopic (exact) mass is 401 g/mol. The summed E-state index contributed by atoms with van der Waals surface area (Å²) in [5, 5.41) is 0. The van der Waals surface area contributed by atoms with Crippen LogP contribution in [-0.2, 0) is 4.74 Å². The Bertz CT molecular complexity index is 1050. The predicted molar refractivity (Wildman–Crippen MR) is 117 cm³/mol. The molecule has 6 heteroatoms. The lowest BCUT2D eigenvalue weighted by Crippen LogP contribution is -2.53. The Hall–Kier alpha value is -3.06. The van der Waals surface area contributed by atoms with E-state index in [4.69, 9.17) is 20.3 Å². The lowest BCUT2D eigenvalue weighted by Gasteiger charge is -2.34. The molecule has 5 rings (SSSR count). The van der Waals surface area contributed by atoms with Gasteiger partial charge in [-0.2, -0.15) is 10.8 Å². The number of nitrogens with zero attached hydrogens (tertiary/aromatic N) is 3. The van der Waals surface area contributed by atoms with Gasteiger partial charge in [-0.25, -0.2) is 0 Å². The minimum atomic E-state index is 0.0587. The van der Waals surface area contributed by atoms with Crippen molar-refractivity contribution in [2.75, 3.05) is 13.7 Å². The van der Waals surface area contributed by atoms with E-state index < -0.39 is 0 Å². The van der Waals surface area contributed by atoms with Crippen LogP contribution < -0.4 is 10.6 Å². The molecular formula is C24H25N4O2+. The summed E-state index contributed by atoms with van der Waals surface area (Å²) in [6.45, 7) is 0.801. The second-order valence-corrected chi connectivity index (χ2v) is 7.99. The van der Waals surface area contributed by atoms with Crippen LogP contribution >= 0.6 is 0 Å². The van der Waals surface area contributed by atoms with Crippen molar-refractivity contribution in [3.8, 4) is 11.5 Å². The summed E-state index contributed by atoms with van der Waals surface area (Å²) >= 11 is 0. The van der Waals surface area contributed by atoms with Gasteiger partial charge in [0, 0.05) is 19.6 Å². The normalized spacial score (nSPS) is 26.9. The maximum Gasteiger partial charge on any atom is 0.264 e. The van der Waals surface area contributed by atoms with E-state index in [9.17, 15) is 0 Å². The molecule has 2 aromatic rings. The minimum absolute atomic E-state index is 0.0587. The summed E-state index contributed by atoms with van der Waals surface area (Å²) in [5.41, 5.74) is 2.98. The first-order valence-electron chi connectivity index (χ1n) is 10.2. The largest absolute Gasteiger partial charge is 0.457 e. The van der Waals surface area contributed by atoms with Crippen LogP contribution in [0.2, 0.25) is 0 Å². The number of para-hydroxylation sites is 1. The molecule has 0 aromatic heterocycles. The Morgan fingerprint density at radius 1 is 1.03 bits per heavy atom. The van der Waals surface area contributed by atoms with Gasteiger partial charge in [0.05, 0.1) is 18.0 Å². The standard InChI is InChI=1S/C24H25N4O2/c1-29-16-17-13-19(14-17)23-22-15-26-11-12-28(22,25)24(27-23)18-7-9-21(10-8-18)30-20-5-3-2-4-6-20/h2-12,15,17,19H,13-14,16,25H2,1H3/q+1. The molecule has 1 fully saturated rings. The van der Waals surface area contributed by atoms with Crippen LogP contribution in [0.4, 0.5) is 0 Å². The first kappa shape index (κ1) is 18.9. The molecule has 1 aliphatic carbocycles. The fourth-order valence-electron chi connectivity index (χ4n) is 4.33. The van der Waals surface area contributed by atoms with E-state index >= 15 is 0 Å². The fourth-order valence-corrected chi connectivity index (χ4v) is 4.33. The molecule has 0 radical (unpaired) electrons. The van der Waals surface area contributed by atoms with E-state index in [2.05, 4.69) is 4.99 Å². The van der Waals surface area contributed by atoms with Crippen molar-refractivity contribution in [1.82, 2.24) is 0 Å². The Morgan fingerprint density at radius 3 is 2.50 bits per heavy atom. The van der Waals surface area contributed by atoms with Crippen LogP contribution in [0.3, 0.4) is 0 Å². The maximum atomic E-state index is 6.82. The number of allylic oxidation sites excluding steroid dienone is 2. The number of quaternary nitrogens is 1. The van der Waals surface area contributed by atoms with Crippen molar-refractivity contribution in [3.05, 3.63) is 84.0 Å². The number of methoxy groups -OCH3 is 1. The molecule has 2 heterocycles. The van der Waals surface area contributed by atoms with Gasteiger partial charge in [-0.1, -0.05) is 18.2 Å². The van der Waals surface area contributed by atoms with Gasteiger partial charge in [0.2, 0.25) is 5.70 Å². The number of rotatable bonds is 6. The molecule has 152 valence electrons. The number of benzene rings is 2. The highest BCUT2D eigenvalue weighted by Gasteiger charge is 2.47. The van der Waals surface area contributed by atoms with E-state index in [1.54, 1.807) is 13.3 Å². The third-order valence-corrected chi connectivity index (χ3v) is 5.94. The smallest absolute Gasteiger partial charge is 0.264 e. The number of nitrogens with two attached hydrogens (primary N) is 1. The topological polar surface area (TPSA) is 69.2 Å². The van der Waals surface area contributed by atoms with Crippen molar-refractivity contribution >= 4 is 12.1 Å². The van der Waals surface area contributed by atoms with Crippen LogP contribution in [0.25, 0.3) is 0 Å². The number of aliphatic imine (C=N–C) groups is 2. The zero-order chi connectivity index (χ0) is 20.6. The Morgan fingerprint density at radius 2 is 1.77 bits per heavy atom. The van der Waals surface area contributed by atoms with Crippen molar-refractivity contribution in [1.29, 1.82) is 0 Å². The van der Waals surface area contributed by atoms with Crippen molar-refractivity contribution in [2.24, 2.45) is 27.7 Å². The van der Waals surface area contributed by atoms with Gasteiger partial charge in [0.1, 0.15) is 23.4 Å². The summed E-state index contributed by atoms with van der Waals surface area (Å²) < 4.78 is 11.3. The molecule has 0 amide bonds. The molecule has 3 aliphatic rings. The van der Waals surface area contributed by atoms with Crippen LogP contribution in [-0.4, -0.2) is 30.4 Å². The quantitative estimate of drug-likeness (QED) is 0.577. The first-order valence-corrected chi connectivity index (χ1v) is 10.2. The molecule has 1 unspecified atom stereocenters. The van der Waals surface area contributed by atoms with Crippen molar-refractivity contribution in [2.45, 2.75) is 12.8 Å². The third kappa shape index (κ3) is 3.29. The highest BCUT2D eigenvalue weighted by atomic mass is 16.5. The van der Waals surface area contributed by atoms with Crippen molar-refractivity contribution < 1.29 is 14.1 Å². The van der Waals surface area contributed by atoms with Crippen LogP contribution in [0.15, 0.2) is 88.4 Å². The maximum absolute atomic E-state index is 6.82. The number of fused-ring (bicyclic) bond motifs is 1. The molecular weight excluding hydrogens is 376 g/mol. The lowest BCUT2D eigenvalue weighted by molar-refractivity contribution is -0.750. The third-order valence-electron chi connectivity index (χ3n) is 5.94. The molecule has 0 bridgehead atoms. The van der Waals surface area contributed by atoms with Gasteiger partial charge in [0.15, 0.2) is 0 Å². The van der Waals surface area contributed by atoms with E-state index in [0.29, 0.717) is 11.8 Å². The van der Waals surface area contributed by atoms with Gasteiger partial charge >= 0.3 is 0 Å². The van der Waals surface area contributed by atoms with Gasteiger partial charge < -0.3 is 9.47 Å². The number of hydrogen-bond donors (Lipinski definition) is 1. The van der Waals surface area contributed by atoms with Gasteiger partial charge in [-0.3, -0.25) is 4.99 Å². The average Bonchev–Trinajstić information content (AvgIpc) is 3.04. The summed E-state index contributed by atoms with van der Waals surface area (Å²) in [6, 6.07) is 17.7. The second-order valence-electron chi connectivity index (χ2n) is 7.99. The molecule has 0 saturated heterocycles. The number of ether oxygens (including phenoxy) is 2. The van der Waals surface area contributed by atoms with Crippen molar-refractivity contribution in [3.63, 3.8) is 0 Å². The SMILES string of the molecule is COCC1CC(C2=C3C=NC=C[N+]3(N)C(c3ccc(Oc4ccccc4)cc3)=N2)C1. The van der Waals surface area contributed by atoms with Gasteiger partial charge in [-0.05, 0) is 55.2 Å². The molecule has 2 aromatic carbocycles. The summed E-state index contributed by atoms with van der Waals surface area (Å²) in [5.74, 6) is 10.2.